The summed E-state index contributed by atoms with van der Waals surface area (Å²) in [5, 5.41) is 2.99. The van der Waals surface area contributed by atoms with Gasteiger partial charge in [-0.1, -0.05) is 26.8 Å². The molecule has 0 atom stereocenters. The van der Waals surface area contributed by atoms with Crippen molar-refractivity contribution in [3.05, 3.63) is 29.3 Å². The van der Waals surface area contributed by atoms with Crippen molar-refractivity contribution >= 4 is 17.5 Å². The summed E-state index contributed by atoms with van der Waals surface area (Å²) in [6.07, 6.45) is 3.50. The highest BCUT2D eigenvalue weighted by Crippen LogP contribution is 2.33. The van der Waals surface area contributed by atoms with Crippen LogP contribution in [0.4, 0.5) is 5.69 Å². The minimum absolute atomic E-state index is 0.0220. The van der Waals surface area contributed by atoms with Gasteiger partial charge in [-0.2, -0.15) is 0 Å². The molecule has 1 aromatic rings. The average Bonchev–Trinajstić information content (AvgIpc) is 3.28. The summed E-state index contributed by atoms with van der Waals surface area (Å²) >= 11 is 0. The number of carbonyl (C=O) groups excluding carboxylic acids is 2. The first kappa shape index (κ1) is 16.0. The Morgan fingerprint density at radius 3 is 2.61 bits per heavy atom. The quantitative estimate of drug-likeness (QED) is 0.930. The summed E-state index contributed by atoms with van der Waals surface area (Å²) in [5.74, 6) is 0.614. The van der Waals surface area contributed by atoms with Crippen molar-refractivity contribution in [3.63, 3.8) is 0 Å². The standard InChI is InChI=1S/C19H26N2O2/c1-19(2,3)11-17(22)20-16-7-6-13-8-9-21(12-15(13)10-16)18(23)14-4-5-14/h6-7,10,14H,4-5,8-9,11-12H2,1-3H3,(H,20,22). The summed E-state index contributed by atoms with van der Waals surface area (Å²) in [6, 6.07) is 6.08. The molecule has 2 aliphatic rings. The Bertz CT molecular complexity index is 627. The molecule has 0 saturated heterocycles. The van der Waals surface area contributed by atoms with Crippen molar-refractivity contribution in [2.75, 3.05) is 11.9 Å². The van der Waals surface area contributed by atoms with E-state index in [-0.39, 0.29) is 17.2 Å². The van der Waals surface area contributed by atoms with Gasteiger partial charge in [-0.15, -0.1) is 0 Å². The Hall–Kier alpha value is -1.84. The van der Waals surface area contributed by atoms with E-state index in [2.05, 4.69) is 32.2 Å². The number of anilines is 1. The molecule has 23 heavy (non-hydrogen) atoms. The van der Waals surface area contributed by atoms with Crippen molar-refractivity contribution in [2.24, 2.45) is 11.3 Å². The third kappa shape index (κ3) is 4.12. The van der Waals surface area contributed by atoms with Gasteiger partial charge in [0.2, 0.25) is 11.8 Å². The van der Waals surface area contributed by atoms with Crippen LogP contribution in [0.1, 0.15) is 51.2 Å². The molecule has 1 aromatic carbocycles. The maximum Gasteiger partial charge on any atom is 0.225 e. The summed E-state index contributed by atoms with van der Waals surface area (Å²) in [6.45, 7) is 7.66. The van der Waals surface area contributed by atoms with E-state index in [4.69, 9.17) is 0 Å². The van der Waals surface area contributed by atoms with Crippen LogP contribution < -0.4 is 5.32 Å². The molecule has 4 nitrogen and oxygen atoms in total. The molecule has 0 bridgehead atoms. The largest absolute Gasteiger partial charge is 0.338 e. The molecule has 4 heteroatoms. The number of carbonyl (C=O) groups is 2. The van der Waals surface area contributed by atoms with E-state index >= 15 is 0 Å². The Labute approximate surface area is 138 Å². The average molecular weight is 314 g/mol. The van der Waals surface area contributed by atoms with E-state index in [1.165, 1.54) is 11.1 Å². The predicted molar refractivity (Wildman–Crippen MR) is 91.0 cm³/mol. The van der Waals surface area contributed by atoms with E-state index in [0.29, 0.717) is 18.9 Å². The molecule has 1 aliphatic carbocycles. The van der Waals surface area contributed by atoms with Gasteiger partial charge in [0.15, 0.2) is 0 Å². The number of nitrogens with zero attached hydrogens (tertiary/aromatic N) is 1. The van der Waals surface area contributed by atoms with Gasteiger partial charge in [-0.05, 0) is 47.9 Å². The number of nitrogens with one attached hydrogen (secondary N) is 1. The molecule has 2 amide bonds. The van der Waals surface area contributed by atoms with Crippen LogP contribution >= 0.6 is 0 Å². The third-order valence-corrected chi connectivity index (χ3v) is 4.43. The van der Waals surface area contributed by atoms with Crippen molar-refractivity contribution in [1.82, 2.24) is 4.90 Å². The molecular formula is C19H26N2O2. The highest BCUT2D eigenvalue weighted by molar-refractivity contribution is 5.91. The van der Waals surface area contributed by atoms with Crippen molar-refractivity contribution in [2.45, 2.75) is 53.0 Å². The van der Waals surface area contributed by atoms with Crippen molar-refractivity contribution in [3.8, 4) is 0 Å². The monoisotopic (exact) mass is 314 g/mol. The number of hydrogen-bond donors (Lipinski definition) is 1. The van der Waals surface area contributed by atoms with Gasteiger partial charge in [0.05, 0.1) is 0 Å². The number of amides is 2. The van der Waals surface area contributed by atoms with Crippen LogP contribution in [-0.2, 0) is 22.6 Å². The normalized spacial score (nSPS) is 17.6. The second-order valence-corrected chi connectivity index (χ2v) is 8.05. The van der Waals surface area contributed by atoms with E-state index in [1.54, 1.807) is 0 Å². The zero-order valence-corrected chi connectivity index (χ0v) is 14.3. The lowest BCUT2D eigenvalue weighted by Crippen LogP contribution is -2.36. The Balaban J connectivity index is 1.68. The van der Waals surface area contributed by atoms with Gasteiger partial charge in [-0.25, -0.2) is 0 Å². The lowest BCUT2D eigenvalue weighted by atomic mass is 9.92. The van der Waals surface area contributed by atoms with Crippen LogP contribution in [0.5, 0.6) is 0 Å². The molecule has 1 N–H and O–H groups in total. The van der Waals surface area contributed by atoms with Crippen LogP contribution in [0.3, 0.4) is 0 Å². The van der Waals surface area contributed by atoms with Gasteiger partial charge in [0.25, 0.3) is 0 Å². The molecule has 1 fully saturated rings. The second kappa shape index (κ2) is 5.99. The minimum Gasteiger partial charge on any atom is -0.338 e. The number of hydrogen-bond acceptors (Lipinski definition) is 2. The van der Waals surface area contributed by atoms with Gasteiger partial charge in [-0.3, -0.25) is 9.59 Å². The Morgan fingerprint density at radius 2 is 1.96 bits per heavy atom. The maximum atomic E-state index is 12.2. The number of rotatable bonds is 3. The lowest BCUT2D eigenvalue weighted by molar-refractivity contribution is -0.133. The van der Waals surface area contributed by atoms with E-state index < -0.39 is 0 Å². The molecule has 0 unspecified atom stereocenters. The van der Waals surface area contributed by atoms with Crippen molar-refractivity contribution in [1.29, 1.82) is 0 Å². The highest BCUT2D eigenvalue weighted by Gasteiger charge is 2.34. The predicted octanol–water partition coefficient (Wildman–Crippen LogP) is 3.36. The van der Waals surface area contributed by atoms with Crippen molar-refractivity contribution < 1.29 is 9.59 Å². The molecule has 1 saturated carbocycles. The third-order valence-electron chi connectivity index (χ3n) is 4.43. The number of fused-ring (bicyclic) bond motifs is 1. The lowest BCUT2D eigenvalue weighted by Gasteiger charge is -2.29. The van der Waals surface area contributed by atoms with E-state index in [0.717, 1.165) is 31.5 Å². The Kier molecular flexibility index (Phi) is 4.17. The first-order valence-corrected chi connectivity index (χ1v) is 8.52. The van der Waals surface area contributed by atoms with Gasteiger partial charge < -0.3 is 10.2 Å². The molecule has 1 aliphatic heterocycles. The SMILES string of the molecule is CC(C)(C)CC(=O)Nc1ccc2c(c1)CN(C(=O)C1CC1)CC2. The van der Waals surface area contributed by atoms with Gasteiger partial charge >= 0.3 is 0 Å². The molecule has 0 aromatic heterocycles. The molecule has 0 radical (unpaired) electrons. The van der Waals surface area contributed by atoms with Crippen LogP contribution in [0.2, 0.25) is 0 Å². The zero-order chi connectivity index (χ0) is 16.6. The van der Waals surface area contributed by atoms with Gasteiger partial charge in [0, 0.05) is 31.1 Å². The fourth-order valence-electron chi connectivity index (χ4n) is 3.10. The first-order valence-electron chi connectivity index (χ1n) is 8.52. The van der Waals surface area contributed by atoms with Crippen LogP contribution in [0.25, 0.3) is 0 Å². The van der Waals surface area contributed by atoms with Crippen LogP contribution in [-0.4, -0.2) is 23.3 Å². The highest BCUT2D eigenvalue weighted by atomic mass is 16.2. The topological polar surface area (TPSA) is 49.4 Å². The molecule has 124 valence electrons. The van der Waals surface area contributed by atoms with Gasteiger partial charge in [0.1, 0.15) is 0 Å². The fraction of sp³-hybridized carbons (Fsp3) is 0.579. The summed E-state index contributed by atoms with van der Waals surface area (Å²) < 4.78 is 0. The smallest absolute Gasteiger partial charge is 0.225 e. The van der Waals surface area contributed by atoms with E-state index in [9.17, 15) is 9.59 Å². The minimum atomic E-state index is -0.0220. The Morgan fingerprint density at radius 1 is 1.22 bits per heavy atom. The maximum absolute atomic E-state index is 12.2. The second-order valence-electron chi connectivity index (χ2n) is 8.05. The summed E-state index contributed by atoms with van der Waals surface area (Å²) in [7, 11) is 0. The molecular weight excluding hydrogens is 288 g/mol. The number of benzene rings is 1. The molecule has 1 heterocycles. The van der Waals surface area contributed by atoms with Crippen LogP contribution in [0, 0.1) is 11.3 Å². The van der Waals surface area contributed by atoms with Crippen LogP contribution in [0.15, 0.2) is 18.2 Å². The molecule has 3 rings (SSSR count). The molecule has 0 spiro atoms. The van der Waals surface area contributed by atoms with E-state index in [1.807, 2.05) is 17.0 Å². The first-order chi connectivity index (χ1) is 10.8. The summed E-state index contributed by atoms with van der Waals surface area (Å²) in [5.41, 5.74) is 3.27. The zero-order valence-electron chi connectivity index (χ0n) is 14.3. The summed E-state index contributed by atoms with van der Waals surface area (Å²) in [4.78, 5) is 26.3. The fourth-order valence-corrected chi connectivity index (χ4v) is 3.10.